The van der Waals surface area contributed by atoms with Crippen LogP contribution in [0, 0.1) is 28.6 Å². The largest absolute Gasteiger partial charge is 0.385 e. The molecule has 0 aliphatic rings. The molecule has 3 nitrogen and oxygen atoms in total. The van der Waals surface area contributed by atoms with Crippen molar-refractivity contribution in [3.05, 3.63) is 29.3 Å². The minimum Gasteiger partial charge on any atom is -0.385 e. The van der Waals surface area contributed by atoms with Crippen LogP contribution in [-0.2, 0) is 0 Å². The molecule has 0 amide bonds. The summed E-state index contributed by atoms with van der Waals surface area (Å²) in [4.78, 5) is 0. The molecule has 0 spiro atoms. The molecule has 0 heterocycles. The van der Waals surface area contributed by atoms with Crippen LogP contribution in [0.25, 0.3) is 0 Å². The van der Waals surface area contributed by atoms with Crippen molar-refractivity contribution >= 4 is 5.69 Å². The predicted molar refractivity (Wildman–Crippen MR) is 63.8 cm³/mol. The number of hydrogen-bond donors (Lipinski definition) is 1. The van der Waals surface area contributed by atoms with Crippen LogP contribution in [0.2, 0.25) is 0 Å². The Morgan fingerprint density at radius 3 is 2.44 bits per heavy atom. The molecule has 0 aliphatic heterocycles. The first-order valence-corrected chi connectivity index (χ1v) is 5.35. The summed E-state index contributed by atoms with van der Waals surface area (Å²) in [5, 5.41) is 20.9. The lowest BCUT2D eigenvalue weighted by Gasteiger charge is -2.08. The van der Waals surface area contributed by atoms with Crippen LogP contribution in [0.1, 0.15) is 31.4 Å². The Hall–Kier alpha value is -2.00. The molecule has 0 atom stereocenters. The van der Waals surface area contributed by atoms with Crippen LogP contribution in [0.15, 0.2) is 18.2 Å². The van der Waals surface area contributed by atoms with E-state index >= 15 is 0 Å². The maximum absolute atomic E-state index is 8.86. The van der Waals surface area contributed by atoms with Gasteiger partial charge in [-0.3, -0.25) is 0 Å². The summed E-state index contributed by atoms with van der Waals surface area (Å²) in [5.41, 5.74) is 1.75. The van der Waals surface area contributed by atoms with Crippen molar-refractivity contribution in [2.24, 2.45) is 5.92 Å². The Bertz CT molecular complexity index is 435. The number of nitrogens with zero attached hydrogens (tertiary/aromatic N) is 2. The summed E-state index contributed by atoms with van der Waals surface area (Å²) >= 11 is 0. The molecule has 0 aromatic heterocycles. The van der Waals surface area contributed by atoms with Gasteiger partial charge < -0.3 is 5.32 Å². The zero-order valence-corrected chi connectivity index (χ0v) is 9.62. The Morgan fingerprint density at radius 2 is 1.88 bits per heavy atom. The summed E-state index contributed by atoms with van der Waals surface area (Å²) < 4.78 is 0. The van der Waals surface area contributed by atoms with E-state index in [2.05, 4.69) is 19.2 Å². The smallest absolute Gasteiger partial charge is 0.101 e. The van der Waals surface area contributed by atoms with E-state index in [1.807, 2.05) is 18.2 Å². The third-order valence-corrected chi connectivity index (χ3v) is 2.31. The van der Waals surface area contributed by atoms with E-state index in [1.165, 1.54) is 0 Å². The Balaban J connectivity index is 2.70. The van der Waals surface area contributed by atoms with Gasteiger partial charge in [0.25, 0.3) is 0 Å². The first kappa shape index (κ1) is 12.1. The van der Waals surface area contributed by atoms with Crippen LogP contribution in [0.4, 0.5) is 5.69 Å². The van der Waals surface area contributed by atoms with Crippen molar-refractivity contribution < 1.29 is 0 Å². The van der Waals surface area contributed by atoms with Crippen molar-refractivity contribution in [3.63, 3.8) is 0 Å². The van der Waals surface area contributed by atoms with Crippen molar-refractivity contribution in [1.29, 1.82) is 10.5 Å². The molecule has 1 aromatic rings. The van der Waals surface area contributed by atoms with E-state index in [1.54, 1.807) is 12.1 Å². The van der Waals surface area contributed by atoms with Crippen molar-refractivity contribution in [1.82, 2.24) is 0 Å². The summed E-state index contributed by atoms with van der Waals surface area (Å²) in [6.07, 6.45) is 1.09. The molecule has 1 rings (SSSR count). The third-order valence-electron chi connectivity index (χ3n) is 2.31. The molecule has 82 valence electrons. The molecule has 0 saturated heterocycles. The number of nitrogens with one attached hydrogen (secondary N) is 1. The molecule has 0 fully saturated rings. The maximum atomic E-state index is 8.86. The van der Waals surface area contributed by atoms with Gasteiger partial charge in [-0.05, 0) is 30.5 Å². The van der Waals surface area contributed by atoms with E-state index in [9.17, 15) is 0 Å². The molecular weight excluding hydrogens is 198 g/mol. The number of benzene rings is 1. The molecule has 16 heavy (non-hydrogen) atoms. The lowest BCUT2D eigenvalue weighted by atomic mass is 10.1. The second kappa shape index (κ2) is 5.78. The Morgan fingerprint density at radius 1 is 1.19 bits per heavy atom. The van der Waals surface area contributed by atoms with Crippen molar-refractivity contribution in [2.75, 3.05) is 11.9 Å². The quantitative estimate of drug-likeness (QED) is 0.836. The monoisotopic (exact) mass is 213 g/mol. The summed E-state index contributed by atoms with van der Waals surface area (Å²) in [6.45, 7) is 5.22. The SMILES string of the molecule is CC(C)CCNc1ccc(C#N)c(C#N)c1. The number of nitriles is 2. The van der Waals surface area contributed by atoms with Crippen LogP contribution in [0.3, 0.4) is 0 Å². The standard InChI is InChI=1S/C13H15N3/c1-10(2)5-6-16-13-4-3-11(8-14)12(7-13)9-15/h3-4,7,10,16H,5-6H2,1-2H3. The summed E-state index contributed by atoms with van der Waals surface area (Å²) in [6, 6.07) is 9.25. The van der Waals surface area contributed by atoms with E-state index < -0.39 is 0 Å². The third kappa shape index (κ3) is 3.29. The fraction of sp³-hybridized carbons (Fsp3) is 0.385. The van der Waals surface area contributed by atoms with Gasteiger partial charge in [0, 0.05) is 12.2 Å². The van der Waals surface area contributed by atoms with Gasteiger partial charge in [0.15, 0.2) is 0 Å². The predicted octanol–water partition coefficient (Wildman–Crippen LogP) is 2.89. The van der Waals surface area contributed by atoms with Crippen LogP contribution < -0.4 is 5.32 Å². The van der Waals surface area contributed by atoms with E-state index in [0.29, 0.717) is 17.0 Å². The van der Waals surface area contributed by atoms with Gasteiger partial charge in [-0.25, -0.2) is 0 Å². The molecule has 0 radical (unpaired) electrons. The summed E-state index contributed by atoms with van der Waals surface area (Å²) in [5.74, 6) is 0.654. The number of hydrogen-bond acceptors (Lipinski definition) is 3. The number of anilines is 1. The van der Waals surface area contributed by atoms with Gasteiger partial charge in [-0.1, -0.05) is 13.8 Å². The highest BCUT2D eigenvalue weighted by Gasteiger charge is 2.02. The molecular formula is C13H15N3. The molecule has 1 N–H and O–H groups in total. The van der Waals surface area contributed by atoms with Gasteiger partial charge in [0.2, 0.25) is 0 Å². The van der Waals surface area contributed by atoms with Gasteiger partial charge in [-0.15, -0.1) is 0 Å². The summed E-state index contributed by atoms with van der Waals surface area (Å²) in [7, 11) is 0. The van der Waals surface area contributed by atoms with Gasteiger partial charge in [0.05, 0.1) is 11.1 Å². The van der Waals surface area contributed by atoms with Crippen molar-refractivity contribution in [3.8, 4) is 12.1 Å². The molecule has 0 unspecified atom stereocenters. The van der Waals surface area contributed by atoms with Crippen LogP contribution >= 0.6 is 0 Å². The fourth-order valence-corrected chi connectivity index (χ4v) is 1.35. The molecule has 1 aromatic carbocycles. The van der Waals surface area contributed by atoms with Crippen LogP contribution in [-0.4, -0.2) is 6.54 Å². The van der Waals surface area contributed by atoms with E-state index in [0.717, 1.165) is 18.7 Å². The fourth-order valence-electron chi connectivity index (χ4n) is 1.35. The zero-order chi connectivity index (χ0) is 12.0. The molecule has 3 heteroatoms. The minimum atomic E-state index is 0.428. The topological polar surface area (TPSA) is 59.6 Å². The number of rotatable bonds is 4. The minimum absolute atomic E-state index is 0.428. The highest BCUT2D eigenvalue weighted by Crippen LogP contribution is 2.14. The average Bonchev–Trinajstić information content (AvgIpc) is 2.28. The lowest BCUT2D eigenvalue weighted by molar-refractivity contribution is 0.607. The Labute approximate surface area is 96.3 Å². The normalized spacial score (nSPS) is 9.56. The Kier molecular flexibility index (Phi) is 4.36. The average molecular weight is 213 g/mol. The zero-order valence-electron chi connectivity index (χ0n) is 9.62. The first-order valence-electron chi connectivity index (χ1n) is 5.35. The second-order valence-corrected chi connectivity index (χ2v) is 4.09. The van der Waals surface area contributed by atoms with Gasteiger partial charge >= 0.3 is 0 Å². The molecule has 0 bridgehead atoms. The van der Waals surface area contributed by atoms with E-state index in [-0.39, 0.29) is 0 Å². The van der Waals surface area contributed by atoms with Gasteiger partial charge in [-0.2, -0.15) is 10.5 Å². The highest BCUT2D eigenvalue weighted by molar-refractivity contribution is 5.56. The van der Waals surface area contributed by atoms with Gasteiger partial charge in [0.1, 0.15) is 12.1 Å². The highest BCUT2D eigenvalue weighted by atomic mass is 14.9. The van der Waals surface area contributed by atoms with Crippen LogP contribution in [0.5, 0.6) is 0 Å². The van der Waals surface area contributed by atoms with Crippen molar-refractivity contribution in [2.45, 2.75) is 20.3 Å². The van der Waals surface area contributed by atoms with E-state index in [4.69, 9.17) is 10.5 Å². The molecule has 0 saturated carbocycles. The molecule has 0 aliphatic carbocycles. The lowest BCUT2D eigenvalue weighted by Crippen LogP contribution is -2.05. The maximum Gasteiger partial charge on any atom is 0.101 e. The second-order valence-electron chi connectivity index (χ2n) is 4.09. The first-order chi connectivity index (χ1) is 7.67.